The standard InChI is InChI=1S/C18H19F3N2O3/c1-10-2-4-14-12(6-10)13-7-11(3-5-15(13)23-14)17(25)26-8-16(24)22-9-18(19,20)21/h3,5,7,10,23H,2,4,6,8-9H2,1H3,(H,22,24)/t10-/m0/s1. The first-order chi connectivity index (χ1) is 12.2. The minimum atomic E-state index is -4.50. The lowest BCUT2D eigenvalue weighted by Crippen LogP contribution is -2.36. The van der Waals surface area contributed by atoms with E-state index >= 15 is 0 Å². The maximum atomic E-state index is 12.1. The molecule has 1 amide bonds. The molecule has 1 heterocycles. The van der Waals surface area contributed by atoms with Crippen LogP contribution in [-0.2, 0) is 22.4 Å². The van der Waals surface area contributed by atoms with Crippen LogP contribution in [0.25, 0.3) is 10.9 Å². The van der Waals surface area contributed by atoms with Crippen LogP contribution in [-0.4, -0.2) is 36.2 Å². The number of H-pyrrole nitrogens is 1. The van der Waals surface area contributed by atoms with E-state index in [1.165, 1.54) is 11.3 Å². The van der Waals surface area contributed by atoms with Crippen molar-refractivity contribution in [3.63, 3.8) is 0 Å². The maximum absolute atomic E-state index is 12.1. The molecule has 0 fully saturated rings. The number of nitrogens with one attached hydrogen (secondary N) is 2. The van der Waals surface area contributed by atoms with Gasteiger partial charge in [0, 0.05) is 16.6 Å². The van der Waals surface area contributed by atoms with Crippen LogP contribution in [0.4, 0.5) is 13.2 Å². The number of amides is 1. The summed E-state index contributed by atoms with van der Waals surface area (Å²) >= 11 is 0. The average Bonchev–Trinajstić information content (AvgIpc) is 2.94. The highest BCUT2D eigenvalue weighted by molar-refractivity contribution is 5.97. The van der Waals surface area contributed by atoms with E-state index in [2.05, 4.69) is 11.9 Å². The molecule has 26 heavy (non-hydrogen) atoms. The van der Waals surface area contributed by atoms with Crippen molar-refractivity contribution in [1.82, 2.24) is 10.3 Å². The van der Waals surface area contributed by atoms with Crippen LogP contribution < -0.4 is 5.32 Å². The molecule has 1 atom stereocenters. The van der Waals surface area contributed by atoms with Crippen molar-refractivity contribution in [3.05, 3.63) is 35.0 Å². The van der Waals surface area contributed by atoms with Crippen LogP contribution in [0.2, 0.25) is 0 Å². The fourth-order valence-electron chi connectivity index (χ4n) is 3.18. The lowest BCUT2D eigenvalue weighted by Gasteiger charge is -2.18. The Morgan fingerprint density at radius 1 is 1.35 bits per heavy atom. The summed E-state index contributed by atoms with van der Waals surface area (Å²) in [4.78, 5) is 26.8. The number of benzene rings is 1. The normalized spacial score (nSPS) is 17.0. The Balaban J connectivity index is 1.67. The smallest absolute Gasteiger partial charge is 0.405 e. The summed E-state index contributed by atoms with van der Waals surface area (Å²) in [6.07, 6.45) is -1.50. The fourth-order valence-corrected chi connectivity index (χ4v) is 3.18. The lowest BCUT2D eigenvalue weighted by molar-refractivity contribution is -0.140. The Bertz CT molecular complexity index is 842. The summed E-state index contributed by atoms with van der Waals surface area (Å²) in [5.41, 5.74) is 3.57. The monoisotopic (exact) mass is 368 g/mol. The average molecular weight is 368 g/mol. The number of alkyl halides is 3. The molecule has 0 aliphatic heterocycles. The number of aromatic nitrogens is 1. The van der Waals surface area contributed by atoms with Gasteiger partial charge in [0.25, 0.3) is 5.91 Å². The third-order valence-corrected chi connectivity index (χ3v) is 4.49. The number of fused-ring (bicyclic) bond motifs is 3. The molecule has 8 heteroatoms. The third kappa shape index (κ3) is 4.17. The summed E-state index contributed by atoms with van der Waals surface area (Å²) < 4.78 is 40.9. The zero-order valence-corrected chi connectivity index (χ0v) is 14.2. The molecule has 0 unspecified atom stereocenters. The SMILES string of the molecule is C[C@H]1CCc2[nH]c3ccc(C(=O)OCC(=O)NCC(F)(F)F)cc3c2C1. The van der Waals surface area contributed by atoms with E-state index in [1.807, 2.05) is 0 Å². The molecule has 0 saturated heterocycles. The van der Waals surface area contributed by atoms with Crippen LogP contribution in [0, 0.1) is 5.92 Å². The lowest BCUT2D eigenvalue weighted by atomic mass is 9.87. The van der Waals surface area contributed by atoms with Crippen molar-refractivity contribution in [2.75, 3.05) is 13.2 Å². The summed E-state index contributed by atoms with van der Waals surface area (Å²) in [6.45, 7) is -0.0301. The van der Waals surface area contributed by atoms with E-state index in [-0.39, 0.29) is 5.56 Å². The second kappa shape index (κ2) is 7.01. The number of halogens is 3. The Kier molecular flexibility index (Phi) is 4.93. The highest BCUT2D eigenvalue weighted by Crippen LogP contribution is 2.32. The number of aryl methyl sites for hydroxylation is 1. The van der Waals surface area contributed by atoms with Gasteiger partial charge >= 0.3 is 12.1 Å². The Labute approximate surface area is 147 Å². The molecule has 0 saturated carbocycles. The first kappa shape index (κ1) is 18.3. The van der Waals surface area contributed by atoms with E-state index in [4.69, 9.17) is 4.74 Å². The van der Waals surface area contributed by atoms with E-state index in [0.717, 1.165) is 30.2 Å². The molecule has 0 bridgehead atoms. The van der Waals surface area contributed by atoms with Crippen molar-refractivity contribution in [3.8, 4) is 0 Å². The number of esters is 1. The third-order valence-electron chi connectivity index (χ3n) is 4.49. The Hall–Kier alpha value is -2.51. The Morgan fingerprint density at radius 3 is 2.85 bits per heavy atom. The van der Waals surface area contributed by atoms with Gasteiger partial charge in [-0.25, -0.2) is 4.79 Å². The van der Waals surface area contributed by atoms with Crippen LogP contribution in [0.3, 0.4) is 0 Å². The molecule has 0 radical (unpaired) electrons. The number of carbonyl (C=O) groups is 2. The first-order valence-electron chi connectivity index (χ1n) is 8.37. The van der Waals surface area contributed by atoms with Gasteiger partial charge in [-0.1, -0.05) is 6.92 Å². The van der Waals surface area contributed by atoms with E-state index < -0.39 is 31.2 Å². The van der Waals surface area contributed by atoms with Crippen LogP contribution in [0.1, 0.15) is 35.0 Å². The highest BCUT2D eigenvalue weighted by Gasteiger charge is 2.28. The van der Waals surface area contributed by atoms with E-state index in [1.54, 1.807) is 23.5 Å². The van der Waals surface area contributed by atoms with Gasteiger partial charge in [0.15, 0.2) is 6.61 Å². The highest BCUT2D eigenvalue weighted by atomic mass is 19.4. The quantitative estimate of drug-likeness (QED) is 0.815. The van der Waals surface area contributed by atoms with E-state index in [9.17, 15) is 22.8 Å². The van der Waals surface area contributed by atoms with E-state index in [0.29, 0.717) is 5.92 Å². The number of rotatable bonds is 4. The number of hydrogen-bond acceptors (Lipinski definition) is 3. The number of carbonyl (C=O) groups excluding carboxylic acids is 2. The number of aromatic amines is 1. The first-order valence-corrected chi connectivity index (χ1v) is 8.37. The number of ether oxygens (including phenoxy) is 1. The molecule has 3 rings (SSSR count). The van der Waals surface area contributed by atoms with Crippen molar-refractivity contribution in [2.24, 2.45) is 5.92 Å². The zero-order valence-electron chi connectivity index (χ0n) is 14.2. The summed E-state index contributed by atoms with van der Waals surface area (Å²) in [7, 11) is 0. The van der Waals surface area contributed by atoms with Gasteiger partial charge in [-0.3, -0.25) is 4.79 Å². The summed E-state index contributed by atoms with van der Waals surface area (Å²) in [5.74, 6) is -1.17. The topological polar surface area (TPSA) is 71.2 Å². The minimum Gasteiger partial charge on any atom is -0.452 e. The van der Waals surface area contributed by atoms with Gasteiger partial charge in [-0.2, -0.15) is 13.2 Å². The molecular weight excluding hydrogens is 349 g/mol. The van der Waals surface area contributed by atoms with Crippen molar-refractivity contribution in [2.45, 2.75) is 32.4 Å². The maximum Gasteiger partial charge on any atom is 0.405 e. The van der Waals surface area contributed by atoms with Crippen molar-refractivity contribution < 1.29 is 27.5 Å². The minimum absolute atomic E-state index is 0.265. The zero-order chi connectivity index (χ0) is 18.9. The molecule has 140 valence electrons. The summed E-state index contributed by atoms with van der Waals surface area (Å²) in [6, 6.07) is 5.06. The van der Waals surface area contributed by atoms with Gasteiger partial charge in [0.1, 0.15) is 6.54 Å². The predicted octanol–water partition coefficient (Wildman–Crippen LogP) is 3.13. The molecule has 1 aliphatic carbocycles. The Morgan fingerprint density at radius 2 is 2.12 bits per heavy atom. The molecular formula is C18H19F3N2O3. The second-order valence-corrected chi connectivity index (χ2v) is 6.66. The molecule has 1 aromatic carbocycles. The molecule has 1 aromatic heterocycles. The van der Waals surface area contributed by atoms with Gasteiger partial charge < -0.3 is 15.0 Å². The number of hydrogen-bond donors (Lipinski definition) is 2. The van der Waals surface area contributed by atoms with Gasteiger partial charge in [-0.05, 0) is 48.9 Å². The van der Waals surface area contributed by atoms with Gasteiger partial charge in [0.2, 0.25) is 0 Å². The second-order valence-electron chi connectivity index (χ2n) is 6.66. The molecule has 1 aliphatic rings. The van der Waals surface area contributed by atoms with Gasteiger partial charge in [-0.15, -0.1) is 0 Å². The predicted molar refractivity (Wildman–Crippen MR) is 88.8 cm³/mol. The van der Waals surface area contributed by atoms with Crippen LogP contribution in [0.5, 0.6) is 0 Å². The molecule has 5 nitrogen and oxygen atoms in total. The van der Waals surface area contributed by atoms with Crippen LogP contribution in [0.15, 0.2) is 18.2 Å². The van der Waals surface area contributed by atoms with Crippen molar-refractivity contribution in [1.29, 1.82) is 0 Å². The summed E-state index contributed by atoms with van der Waals surface area (Å²) in [5, 5.41) is 2.60. The fraction of sp³-hybridized carbons (Fsp3) is 0.444. The molecule has 2 aromatic rings. The van der Waals surface area contributed by atoms with Crippen LogP contribution >= 0.6 is 0 Å². The molecule has 2 N–H and O–H groups in total. The van der Waals surface area contributed by atoms with Gasteiger partial charge in [0.05, 0.1) is 5.56 Å². The van der Waals surface area contributed by atoms with Crippen molar-refractivity contribution >= 4 is 22.8 Å². The molecule has 0 spiro atoms. The largest absolute Gasteiger partial charge is 0.452 e.